The van der Waals surface area contributed by atoms with Gasteiger partial charge in [0.2, 0.25) is 10.0 Å². The van der Waals surface area contributed by atoms with Gasteiger partial charge in [0.15, 0.2) is 0 Å². The van der Waals surface area contributed by atoms with E-state index in [0.29, 0.717) is 18.9 Å². The smallest absolute Gasteiger partial charge is 0.246 e. The van der Waals surface area contributed by atoms with Crippen molar-refractivity contribution in [1.82, 2.24) is 4.31 Å². The van der Waals surface area contributed by atoms with E-state index in [1.54, 1.807) is 0 Å². The fourth-order valence-electron chi connectivity index (χ4n) is 2.93. The highest BCUT2D eigenvalue weighted by Crippen LogP contribution is 2.36. The fraction of sp³-hybridized carbons (Fsp3) is 0.571. The molecule has 1 saturated carbocycles. The van der Waals surface area contributed by atoms with Crippen molar-refractivity contribution in [2.75, 3.05) is 13.6 Å². The number of likely N-dealkylation sites (N-methyl/N-ethyl adjacent to an activating group) is 1. The maximum Gasteiger partial charge on any atom is 0.246 e. The maximum absolute atomic E-state index is 13.8. The van der Waals surface area contributed by atoms with Gasteiger partial charge >= 0.3 is 0 Å². The van der Waals surface area contributed by atoms with E-state index in [1.165, 1.54) is 7.05 Å². The molecule has 0 atom stereocenters. The molecule has 1 aliphatic rings. The summed E-state index contributed by atoms with van der Waals surface area (Å²) in [6, 6.07) is 2.44. The Balaban J connectivity index is 2.44. The van der Waals surface area contributed by atoms with Crippen molar-refractivity contribution in [1.29, 1.82) is 0 Å². The van der Waals surface area contributed by atoms with Crippen LogP contribution in [0.3, 0.4) is 0 Å². The molecule has 118 valence electrons. The Morgan fingerprint density at radius 3 is 2.43 bits per heavy atom. The van der Waals surface area contributed by atoms with Gasteiger partial charge in [0.25, 0.3) is 0 Å². The molecule has 0 aliphatic heterocycles. The molecule has 21 heavy (non-hydrogen) atoms. The molecule has 0 heterocycles. The van der Waals surface area contributed by atoms with Crippen molar-refractivity contribution in [3.05, 3.63) is 29.8 Å². The van der Waals surface area contributed by atoms with Crippen molar-refractivity contribution in [2.45, 2.75) is 42.5 Å². The molecule has 0 aromatic heterocycles. The van der Waals surface area contributed by atoms with Crippen LogP contribution < -0.4 is 5.73 Å². The quantitative estimate of drug-likeness (QED) is 0.926. The van der Waals surface area contributed by atoms with Crippen LogP contribution in [0, 0.1) is 11.6 Å². The van der Waals surface area contributed by atoms with Gasteiger partial charge < -0.3 is 5.73 Å². The van der Waals surface area contributed by atoms with Crippen LogP contribution in [0.1, 0.15) is 32.1 Å². The first-order chi connectivity index (χ1) is 9.83. The number of nitrogens with two attached hydrogens (primary N) is 1. The summed E-state index contributed by atoms with van der Waals surface area (Å²) in [6.45, 7) is 0.166. The lowest BCUT2D eigenvalue weighted by atomic mass is 9.82. The molecule has 2 rings (SSSR count). The van der Waals surface area contributed by atoms with Crippen molar-refractivity contribution >= 4 is 10.0 Å². The standard InChI is InChI=1S/C14H20F2N2O2S/c1-18(14(10-17)7-3-2-4-8-14)21(19,20)13-9-11(15)5-6-12(13)16/h5-6,9H,2-4,7-8,10,17H2,1H3. The molecular weight excluding hydrogens is 298 g/mol. The molecule has 0 radical (unpaired) electrons. The molecular formula is C14H20F2N2O2S. The van der Waals surface area contributed by atoms with Crippen LogP contribution in [0.4, 0.5) is 8.78 Å². The van der Waals surface area contributed by atoms with E-state index in [4.69, 9.17) is 5.73 Å². The molecule has 0 spiro atoms. The molecule has 1 fully saturated rings. The Morgan fingerprint density at radius 2 is 1.86 bits per heavy atom. The number of nitrogens with zero attached hydrogens (tertiary/aromatic N) is 1. The summed E-state index contributed by atoms with van der Waals surface area (Å²) in [5, 5.41) is 0. The first-order valence-electron chi connectivity index (χ1n) is 6.98. The SMILES string of the molecule is CN(C1(CN)CCCCC1)S(=O)(=O)c1cc(F)ccc1F. The Labute approximate surface area is 124 Å². The number of sulfonamides is 1. The lowest BCUT2D eigenvalue weighted by Gasteiger charge is -2.42. The van der Waals surface area contributed by atoms with Crippen LogP contribution in [0.25, 0.3) is 0 Å². The predicted octanol–water partition coefficient (Wildman–Crippen LogP) is 2.25. The van der Waals surface area contributed by atoms with E-state index >= 15 is 0 Å². The van der Waals surface area contributed by atoms with Crippen molar-refractivity contribution in [2.24, 2.45) is 5.73 Å². The minimum Gasteiger partial charge on any atom is -0.329 e. The van der Waals surface area contributed by atoms with Gasteiger partial charge in [0.05, 0.1) is 0 Å². The number of benzene rings is 1. The molecule has 4 nitrogen and oxygen atoms in total. The Kier molecular flexibility index (Phi) is 4.65. The van der Waals surface area contributed by atoms with Crippen LogP contribution in [0.2, 0.25) is 0 Å². The fourth-order valence-corrected chi connectivity index (χ4v) is 4.57. The molecule has 0 saturated heterocycles. The van der Waals surface area contributed by atoms with E-state index < -0.39 is 32.1 Å². The monoisotopic (exact) mass is 318 g/mol. The summed E-state index contributed by atoms with van der Waals surface area (Å²) in [4.78, 5) is -0.636. The van der Waals surface area contributed by atoms with E-state index in [0.717, 1.165) is 35.7 Å². The van der Waals surface area contributed by atoms with Gasteiger partial charge in [0.1, 0.15) is 16.5 Å². The van der Waals surface area contributed by atoms with Crippen molar-refractivity contribution in [3.8, 4) is 0 Å². The molecule has 0 amide bonds. The van der Waals surface area contributed by atoms with Crippen molar-refractivity contribution < 1.29 is 17.2 Å². The van der Waals surface area contributed by atoms with E-state index in [-0.39, 0.29) is 6.54 Å². The lowest BCUT2D eigenvalue weighted by molar-refractivity contribution is 0.159. The Hall–Kier alpha value is -1.05. The average Bonchev–Trinajstić information content (AvgIpc) is 2.49. The summed E-state index contributed by atoms with van der Waals surface area (Å²) in [7, 11) is -2.72. The van der Waals surface area contributed by atoms with Gasteiger partial charge in [-0.1, -0.05) is 19.3 Å². The van der Waals surface area contributed by atoms with E-state index in [9.17, 15) is 17.2 Å². The molecule has 0 bridgehead atoms. The Bertz CT molecular complexity index is 613. The van der Waals surface area contributed by atoms with Crippen LogP contribution >= 0.6 is 0 Å². The van der Waals surface area contributed by atoms with Gasteiger partial charge in [0, 0.05) is 19.1 Å². The molecule has 0 unspecified atom stereocenters. The van der Waals surface area contributed by atoms with E-state index in [1.807, 2.05) is 0 Å². The zero-order valence-corrected chi connectivity index (χ0v) is 12.8. The third-order valence-corrected chi connectivity index (χ3v) is 6.34. The highest BCUT2D eigenvalue weighted by atomic mass is 32.2. The van der Waals surface area contributed by atoms with Crippen molar-refractivity contribution in [3.63, 3.8) is 0 Å². The largest absolute Gasteiger partial charge is 0.329 e. The van der Waals surface area contributed by atoms with Gasteiger partial charge in [-0.2, -0.15) is 4.31 Å². The Morgan fingerprint density at radius 1 is 1.24 bits per heavy atom. The summed E-state index contributed by atoms with van der Waals surface area (Å²) in [5.41, 5.74) is 5.10. The van der Waals surface area contributed by atoms with E-state index in [2.05, 4.69) is 0 Å². The number of halogens is 2. The molecule has 1 aliphatic carbocycles. The van der Waals surface area contributed by atoms with Crippen LogP contribution in [-0.2, 0) is 10.0 Å². The van der Waals surface area contributed by atoms with Crippen LogP contribution in [-0.4, -0.2) is 31.9 Å². The number of hydrogen-bond donors (Lipinski definition) is 1. The predicted molar refractivity (Wildman–Crippen MR) is 76.2 cm³/mol. The van der Waals surface area contributed by atoms with Gasteiger partial charge in [-0.15, -0.1) is 0 Å². The van der Waals surface area contributed by atoms with Crippen LogP contribution in [0.5, 0.6) is 0 Å². The highest BCUT2D eigenvalue weighted by Gasteiger charge is 2.42. The highest BCUT2D eigenvalue weighted by molar-refractivity contribution is 7.89. The molecule has 7 heteroatoms. The average molecular weight is 318 g/mol. The summed E-state index contributed by atoms with van der Waals surface area (Å²) in [6.07, 6.45) is 4.06. The lowest BCUT2D eigenvalue weighted by Crippen LogP contribution is -2.55. The second kappa shape index (κ2) is 5.98. The summed E-state index contributed by atoms with van der Waals surface area (Å²) in [5.74, 6) is -1.74. The van der Waals surface area contributed by atoms with Gasteiger partial charge in [-0.25, -0.2) is 17.2 Å². The zero-order chi connectivity index (χ0) is 15.7. The molecule has 1 aromatic carbocycles. The third kappa shape index (κ3) is 2.95. The molecule has 2 N–H and O–H groups in total. The van der Waals surface area contributed by atoms with Gasteiger partial charge in [-0.3, -0.25) is 0 Å². The number of hydrogen-bond acceptors (Lipinski definition) is 3. The normalized spacial score (nSPS) is 18.9. The maximum atomic E-state index is 13.8. The number of rotatable bonds is 4. The summed E-state index contributed by atoms with van der Waals surface area (Å²) >= 11 is 0. The molecule has 1 aromatic rings. The zero-order valence-electron chi connectivity index (χ0n) is 12.0. The second-order valence-corrected chi connectivity index (χ2v) is 7.47. The first kappa shape index (κ1) is 16.3. The minimum atomic E-state index is -4.12. The third-order valence-electron chi connectivity index (χ3n) is 4.36. The first-order valence-corrected chi connectivity index (χ1v) is 8.42. The minimum absolute atomic E-state index is 0.166. The topological polar surface area (TPSA) is 63.4 Å². The second-order valence-electron chi connectivity index (χ2n) is 5.54. The summed E-state index contributed by atoms with van der Waals surface area (Å²) < 4.78 is 53.5. The van der Waals surface area contributed by atoms with Gasteiger partial charge in [-0.05, 0) is 31.0 Å². The van der Waals surface area contributed by atoms with Crippen LogP contribution in [0.15, 0.2) is 23.1 Å².